The number of nitrogens with one attached hydrogen (secondary N) is 1. The summed E-state index contributed by atoms with van der Waals surface area (Å²) in [5.74, 6) is -0.751. The van der Waals surface area contributed by atoms with E-state index in [-0.39, 0.29) is 27.2 Å². The minimum Gasteiger partial charge on any atom is -0.325 e. The smallest absolute Gasteiger partial charge is 0.325 e. The fraction of sp³-hybridized carbons (Fsp3) is 0.174. The van der Waals surface area contributed by atoms with Gasteiger partial charge in [-0.1, -0.05) is 47.0 Å². The van der Waals surface area contributed by atoms with Crippen molar-refractivity contribution in [1.82, 2.24) is 4.31 Å². The molecule has 3 rings (SSSR count). The van der Waals surface area contributed by atoms with E-state index in [1.165, 1.54) is 12.1 Å². The lowest BCUT2D eigenvalue weighted by molar-refractivity contribution is -0.137. The van der Waals surface area contributed by atoms with Crippen LogP contribution in [0, 0.1) is 6.92 Å². The van der Waals surface area contributed by atoms with Gasteiger partial charge in [-0.25, -0.2) is 8.42 Å². The first-order valence-corrected chi connectivity index (χ1v) is 12.0. The summed E-state index contributed by atoms with van der Waals surface area (Å²) in [7, 11) is -4.16. The van der Waals surface area contributed by atoms with E-state index in [0.29, 0.717) is 5.56 Å². The maximum atomic E-state index is 13.3. The third kappa shape index (κ3) is 6.29. The lowest BCUT2D eigenvalue weighted by atomic mass is 10.2. The summed E-state index contributed by atoms with van der Waals surface area (Å²) in [6, 6.07) is 14.6. The van der Waals surface area contributed by atoms with Crippen molar-refractivity contribution in [2.45, 2.75) is 24.5 Å². The van der Waals surface area contributed by atoms with Gasteiger partial charge < -0.3 is 5.32 Å². The number of amides is 1. The molecule has 0 saturated heterocycles. The average molecular weight is 531 g/mol. The standard InChI is InChI=1S/C23H19Cl2F3N2O3S/c1-15-5-11-18(12-6-15)34(32,33)30(13-19-20(24)3-2-4-21(19)25)14-22(31)29-17-9-7-16(8-10-17)23(26,27)28/h2-12H,13-14H2,1H3,(H,29,31). The molecule has 3 aromatic carbocycles. The third-order valence-electron chi connectivity index (χ3n) is 4.87. The molecule has 0 bridgehead atoms. The molecule has 3 aromatic rings. The number of carbonyl (C=O) groups is 1. The minimum absolute atomic E-state index is 0.0383. The van der Waals surface area contributed by atoms with E-state index >= 15 is 0 Å². The van der Waals surface area contributed by atoms with Crippen LogP contribution in [-0.2, 0) is 27.5 Å². The predicted molar refractivity (Wildman–Crippen MR) is 125 cm³/mol. The highest BCUT2D eigenvalue weighted by molar-refractivity contribution is 7.89. The van der Waals surface area contributed by atoms with Crippen LogP contribution in [0.2, 0.25) is 10.0 Å². The van der Waals surface area contributed by atoms with Crippen LogP contribution in [0.5, 0.6) is 0 Å². The molecule has 0 aliphatic heterocycles. The zero-order valence-corrected chi connectivity index (χ0v) is 20.1. The second-order valence-electron chi connectivity index (χ2n) is 7.41. The SMILES string of the molecule is Cc1ccc(S(=O)(=O)N(CC(=O)Nc2ccc(C(F)(F)F)cc2)Cc2c(Cl)cccc2Cl)cc1. The number of benzene rings is 3. The Kier molecular flexibility index (Phi) is 7.92. The summed E-state index contributed by atoms with van der Waals surface area (Å²) in [6.45, 7) is 0.878. The Balaban J connectivity index is 1.89. The van der Waals surface area contributed by atoms with Gasteiger partial charge in [0.05, 0.1) is 17.0 Å². The van der Waals surface area contributed by atoms with Crippen LogP contribution in [0.1, 0.15) is 16.7 Å². The normalized spacial score (nSPS) is 12.1. The maximum Gasteiger partial charge on any atom is 0.416 e. The highest BCUT2D eigenvalue weighted by Gasteiger charge is 2.31. The van der Waals surface area contributed by atoms with E-state index in [4.69, 9.17) is 23.2 Å². The Morgan fingerprint density at radius 1 is 0.941 bits per heavy atom. The highest BCUT2D eigenvalue weighted by Crippen LogP contribution is 2.30. The molecule has 34 heavy (non-hydrogen) atoms. The van der Waals surface area contributed by atoms with Gasteiger partial charge in [-0.3, -0.25) is 4.79 Å². The van der Waals surface area contributed by atoms with Crippen molar-refractivity contribution in [3.8, 4) is 0 Å². The molecule has 0 aliphatic carbocycles. The molecule has 0 heterocycles. The summed E-state index contributed by atoms with van der Waals surface area (Å²) in [4.78, 5) is 12.7. The van der Waals surface area contributed by atoms with Gasteiger partial charge in [-0.2, -0.15) is 17.5 Å². The van der Waals surface area contributed by atoms with E-state index in [1.807, 2.05) is 0 Å². The molecule has 0 saturated carbocycles. The number of carbonyl (C=O) groups excluding carboxylic acids is 1. The molecule has 11 heteroatoms. The molecule has 1 amide bonds. The summed E-state index contributed by atoms with van der Waals surface area (Å²) in [6.07, 6.45) is -4.52. The van der Waals surface area contributed by atoms with Crippen LogP contribution >= 0.6 is 23.2 Å². The van der Waals surface area contributed by atoms with Gasteiger partial charge in [0, 0.05) is 27.8 Å². The van der Waals surface area contributed by atoms with Crippen molar-refractivity contribution >= 4 is 44.8 Å². The van der Waals surface area contributed by atoms with Crippen LogP contribution in [0.25, 0.3) is 0 Å². The van der Waals surface area contributed by atoms with E-state index in [0.717, 1.165) is 34.1 Å². The molecule has 180 valence electrons. The van der Waals surface area contributed by atoms with Gasteiger partial charge in [0.25, 0.3) is 0 Å². The zero-order chi connectivity index (χ0) is 25.1. The van der Waals surface area contributed by atoms with E-state index < -0.39 is 34.2 Å². The van der Waals surface area contributed by atoms with Crippen LogP contribution in [0.4, 0.5) is 18.9 Å². The van der Waals surface area contributed by atoms with Crippen LogP contribution in [0.15, 0.2) is 71.6 Å². The first kappa shape index (κ1) is 26.0. The topological polar surface area (TPSA) is 66.5 Å². The van der Waals surface area contributed by atoms with E-state index in [2.05, 4.69) is 5.32 Å². The minimum atomic E-state index is -4.52. The second-order valence-corrected chi connectivity index (χ2v) is 10.2. The van der Waals surface area contributed by atoms with Crippen molar-refractivity contribution in [2.75, 3.05) is 11.9 Å². The van der Waals surface area contributed by atoms with Crippen LogP contribution in [-0.4, -0.2) is 25.2 Å². The summed E-state index contributed by atoms with van der Waals surface area (Å²) < 4.78 is 65.9. The van der Waals surface area contributed by atoms with E-state index in [1.54, 1.807) is 37.3 Å². The Hall–Kier alpha value is -2.59. The summed E-state index contributed by atoms with van der Waals surface area (Å²) in [5.41, 5.74) is 0.368. The Morgan fingerprint density at radius 2 is 1.50 bits per heavy atom. The number of rotatable bonds is 7. The predicted octanol–water partition coefficient (Wildman–Crippen LogP) is 6.15. The Morgan fingerprint density at radius 3 is 2.03 bits per heavy atom. The first-order chi connectivity index (χ1) is 15.9. The molecular formula is C23H19Cl2F3N2O3S. The number of aryl methyl sites for hydroxylation is 1. The molecule has 0 aromatic heterocycles. The fourth-order valence-electron chi connectivity index (χ4n) is 3.05. The van der Waals surface area contributed by atoms with E-state index in [9.17, 15) is 26.4 Å². The monoisotopic (exact) mass is 530 g/mol. The van der Waals surface area contributed by atoms with Gasteiger partial charge in [0.1, 0.15) is 0 Å². The van der Waals surface area contributed by atoms with Crippen molar-refractivity contribution in [1.29, 1.82) is 0 Å². The molecular weight excluding hydrogens is 512 g/mol. The molecule has 1 N–H and O–H groups in total. The van der Waals surface area contributed by atoms with Crippen molar-refractivity contribution < 1.29 is 26.4 Å². The summed E-state index contributed by atoms with van der Waals surface area (Å²) >= 11 is 12.4. The van der Waals surface area contributed by atoms with Gasteiger partial charge in [0.2, 0.25) is 15.9 Å². The van der Waals surface area contributed by atoms with Gasteiger partial charge in [-0.05, 0) is 55.5 Å². The van der Waals surface area contributed by atoms with Crippen LogP contribution < -0.4 is 5.32 Å². The maximum absolute atomic E-state index is 13.3. The number of sulfonamides is 1. The quantitative estimate of drug-likeness (QED) is 0.398. The highest BCUT2D eigenvalue weighted by atomic mass is 35.5. The number of nitrogens with zero attached hydrogens (tertiary/aromatic N) is 1. The van der Waals surface area contributed by atoms with Gasteiger partial charge in [-0.15, -0.1) is 0 Å². The van der Waals surface area contributed by atoms with Gasteiger partial charge >= 0.3 is 6.18 Å². The second kappa shape index (κ2) is 10.4. The largest absolute Gasteiger partial charge is 0.416 e. The number of hydrogen-bond acceptors (Lipinski definition) is 3. The Bertz CT molecular complexity index is 1260. The van der Waals surface area contributed by atoms with Gasteiger partial charge in [0.15, 0.2) is 0 Å². The third-order valence-corrected chi connectivity index (χ3v) is 7.38. The lowest BCUT2D eigenvalue weighted by Crippen LogP contribution is -2.37. The molecule has 0 aliphatic rings. The molecule has 0 fully saturated rings. The number of halogens is 5. The number of alkyl halides is 3. The fourth-order valence-corrected chi connectivity index (χ4v) is 4.93. The number of hydrogen-bond donors (Lipinski definition) is 1. The van der Waals surface area contributed by atoms with Crippen LogP contribution in [0.3, 0.4) is 0 Å². The molecule has 0 atom stereocenters. The van der Waals surface area contributed by atoms with Crippen molar-refractivity contribution in [2.24, 2.45) is 0 Å². The molecule has 0 unspecified atom stereocenters. The first-order valence-electron chi connectivity index (χ1n) is 9.85. The lowest BCUT2D eigenvalue weighted by Gasteiger charge is -2.23. The van der Waals surface area contributed by atoms with Crippen molar-refractivity contribution in [3.63, 3.8) is 0 Å². The molecule has 0 spiro atoms. The van der Waals surface area contributed by atoms with Crippen molar-refractivity contribution in [3.05, 3.63) is 93.5 Å². The molecule has 0 radical (unpaired) electrons. The summed E-state index contributed by atoms with van der Waals surface area (Å²) in [5, 5.41) is 2.86. The number of anilines is 1. The average Bonchev–Trinajstić information content (AvgIpc) is 2.75. The molecule has 5 nitrogen and oxygen atoms in total. The Labute approximate surface area is 205 Å². The zero-order valence-electron chi connectivity index (χ0n) is 17.7.